The molecule has 2 aromatic heterocycles. The van der Waals surface area contributed by atoms with Gasteiger partial charge >= 0.3 is 0 Å². The molecular weight excluding hydrogens is 524 g/mol. The minimum absolute atomic E-state index is 0.0312. The number of nitrogens with one attached hydrogen (secondary N) is 1. The van der Waals surface area contributed by atoms with Crippen LogP contribution in [0.4, 0.5) is 11.5 Å². The monoisotopic (exact) mass is 550 g/mol. The first-order chi connectivity index (χ1) is 19.4. The van der Waals surface area contributed by atoms with Gasteiger partial charge in [0.1, 0.15) is 24.6 Å². The Morgan fingerprint density at radius 3 is 2.62 bits per heavy atom. The number of rotatable bonds is 10. The van der Waals surface area contributed by atoms with Crippen molar-refractivity contribution in [1.29, 1.82) is 0 Å². The number of amides is 1. The number of aliphatic hydroxyl groups excluding tert-OH is 2. The van der Waals surface area contributed by atoms with Gasteiger partial charge in [0, 0.05) is 17.7 Å². The van der Waals surface area contributed by atoms with Crippen molar-refractivity contribution in [3.8, 4) is 0 Å². The van der Waals surface area contributed by atoms with Gasteiger partial charge in [0.2, 0.25) is 0 Å². The van der Waals surface area contributed by atoms with Crippen molar-refractivity contribution in [2.75, 3.05) is 11.9 Å². The molecule has 40 heavy (non-hydrogen) atoms. The van der Waals surface area contributed by atoms with E-state index in [2.05, 4.69) is 20.3 Å². The van der Waals surface area contributed by atoms with E-state index in [-0.39, 0.29) is 24.0 Å². The zero-order valence-electron chi connectivity index (χ0n) is 21.2. The number of non-ortho nitro benzene ring substituents is 1. The Morgan fingerprint density at radius 2 is 1.93 bits per heavy atom. The number of aliphatic hydroxyl groups is 2. The van der Waals surface area contributed by atoms with E-state index in [1.54, 1.807) is 49.4 Å². The number of nitro groups is 1. The summed E-state index contributed by atoms with van der Waals surface area (Å²) in [4.78, 5) is 35.9. The lowest BCUT2D eigenvalue weighted by molar-refractivity contribution is -0.384. The Morgan fingerprint density at radius 1 is 1.18 bits per heavy atom. The molecular formula is C26H26N6O8. The molecule has 1 aliphatic rings. The SMILES string of the molecule is CC(OCc1ccc([N+](=O)[O-])cc1)O[C@@H]1[C@H](O)[C@@H](CO)O[C@H]1n1cnc2c(NC(=O)c3ccccc3)ncnc21. The van der Waals surface area contributed by atoms with E-state index in [0.29, 0.717) is 22.3 Å². The molecule has 5 rings (SSSR count). The van der Waals surface area contributed by atoms with Crippen LogP contribution in [-0.2, 0) is 20.8 Å². The lowest BCUT2D eigenvalue weighted by Gasteiger charge is -2.25. The van der Waals surface area contributed by atoms with Gasteiger partial charge in [-0.2, -0.15) is 0 Å². The molecule has 208 valence electrons. The number of ether oxygens (including phenoxy) is 3. The van der Waals surface area contributed by atoms with Gasteiger partial charge in [-0.15, -0.1) is 0 Å². The number of carbonyl (C=O) groups is 1. The van der Waals surface area contributed by atoms with Crippen molar-refractivity contribution >= 4 is 28.6 Å². The van der Waals surface area contributed by atoms with Crippen LogP contribution in [0.3, 0.4) is 0 Å². The second-order valence-corrected chi connectivity index (χ2v) is 9.01. The molecule has 2 aromatic carbocycles. The maximum atomic E-state index is 12.7. The van der Waals surface area contributed by atoms with Gasteiger partial charge in [0.15, 0.2) is 29.5 Å². The number of carbonyl (C=O) groups excluding carboxylic acids is 1. The second-order valence-electron chi connectivity index (χ2n) is 9.01. The predicted molar refractivity (Wildman–Crippen MR) is 139 cm³/mol. The van der Waals surface area contributed by atoms with E-state index >= 15 is 0 Å². The van der Waals surface area contributed by atoms with Crippen molar-refractivity contribution in [1.82, 2.24) is 19.5 Å². The molecule has 4 aromatic rings. The highest BCUT2D eigenvalue weighted by molar-refractivity contribution is 6.06. The maximum Gasteiger partial charge on any atom is 0.269 e. The van der Waals surface area contributed by atoms with E-state index < -0.39 is 42.4 Å². The zero-order chi connectivity index (χ0) is 28.2. The summed E-state index contributed by atoms with van der Waals surface area (Å²) >= 11 is 0. The number of anilines is 1. The van der Waals surface area contributed by atoms with Gasteiger partial charge < -0.3 is 29.7 Å². The van der Waals surface area contributed by atoms with E-state index in [9.17, 15) is 25.1 Å². The van der Waals surface area contributed by atoms with Gasteiger partial charge in [-0.25, -0.2) is 15.0 Å². The van der Waals surface area contributed by atoms with Crippen LogP contribution < -0.4 is 5.32 Å². The first kappa shape index (κ1) is 27.2. The van der Waals surface area contributed by atoms with Crippen molar-refractivity contribution < 1.29 is 34.1 Å². The Bertz CT molecular complexity index is 1480. The summed E-state index contributed by atoms with van der Waals surface area (Å²) in [6, 6.07) is 14.5. The van der Waals surface area contributed by atoms with Crippen molar-refractivity contribution in [3.05, 3.63) is 88.5 Å². The fourth-order valence-electron chi connectivity index (χ4n) is 4.33. The highest BCUT2D eigenvalue weighted by Gasteiger charge is 2.46. The number of nitro benzene ring substituents is 1. The summed E-state index contributed by atoms with van der Waals surface area (Å²) in [6.07, 6.45) is -2.24. The lowest BCUT2D eigenvalue weighted by atomic mass is 10.1. The summed E-state index contributed by atoms with van der Waals surface area (Å²) in [5.74, 6) is -0.185. The number of aromatic nitrogens is 4. The highest BCUT2D eigenvalue weighted by Crippen LogP contribution is 2.35. The van der Waals surface area contributed by atoms with Gasteiger partial charge in [-0.1, -0.05) is 18.2 Å². The topological polar surface area (TPSA) is 184 Å². The summed E-state index contributed by atoms with van der Waals surface area (Å²) < 4.78 is 19.2. The van der Waals surface area contributed by atoms with Crippen LogP contribution in [0.2, 0.25) is 0 Å². The number of imidazole rings is 1. The molecule has 3 heterocycles. The van der Waals surface area contributed by atoms with Crippen molar-refractivity contribution in [2.45, 2.75) is 44.4 Å². The Hall–Kier alpha value is -4.34. The molecule has 0 radical (unpaired) electrons. The van der Waals surface area contributed by atoms with Crippen LogP contribution in [0.5, 0.6) is 0 Å². The fraction of sp³-hybridized carbons (Fsp3) is 0.308. The number of benzene rings is 2. The first-order valence-corrected chi connectivity index (χ1v) is 12.3. The lowest BCUT2D eigenvalue weighted by Crippen LogP contribution is -2.38. The average Bonchev–Trinajstić information content (AvgIpc) is 3.53. The molecule has 1 amide bonds. The predicted octanol–water partition coefficient (Wildman–Crippen LogP) is 2.19. The Kier molecular flexibility index (Phi) is 8.04. The Balaban J connectivity index is 1.33. The van der Waals surface area contributed by atoms with E-state index in [0.717, 1.165) is 0 Å². The smallest absolute Gasteiger partial charge is 0.269 e. The first-order valence-electron chi connectivity index (χ1n) is 12.3. The summed E-state index contributed by atoms with van der Waals surface area (Å²) in [6.45, 7) is 1.27. The van der Waals surface area contributed by atoms with E-state index in [1.807, 2.05) is 0 Å². The number of fused-ring (bicyclic) bond motifs is 1. The number of hydrogen-bond donors (Lipinski definition) is 3. The molecule has 0 spiro atoms. The van der Waals surface area contributed by atoms with E-state index in [1.165, 1.54) is 29.4 Å². The highest BCUT2D eigenvalue weighted by atomic mass is 16.7. The molecule has 0 aliphatic carbocycles. The Labute approximate surface area is 227 Å². The third kappa shape index (κ3) is 5.66. The quantitative estimate of drug-likeness (QED) is 0.149. The van der Waals surface area contributed by atoms with Crippen LogP contribution >= 0.6 is 0 Å². The van der Waals surface area contributed by atoms with Crippen molar-refractivity contribution in [2.24, 2.45) is 0 Å². The van der Waals surface area contributed by atoms with Gasteiger partial charge in [-0.3, -0.25) is 19.5 Å². The second kappa shape index (κ2) is 11.8. The van der Waals surface area contributed by atoms with Crippen molar-refractivity contribution in [3.63, 3.8) is 0 Å². The fourth-order valence-corrected chi connectivity index (χ4v) is 4.33. The van der Waals surface area contributed by atoms with Gasteiger partial charge in [0.25, 0.3) is 11.6 Å². The molecule has 1 saturated heterocycles. The normalized spacial score (nSPS) is 21.4. The summed E-state index contributed by atoms with van der Waals surface area (Å²) in [5, 5.41) is 34.2. The van der Waals surface area contributed by atoms with Crippen LogP contribution in [0.1, 0.15) is 29.1 Å². The molecule has 5 atom stereocenters. The molecule has 14 nitrogen and oxygen atoms in total. The molecule has 3 N–H and O–H groups in total. The summed E-state index contributed by atoms with van der Waals surface area (Å²) in [7, 11) is 0. The molecule has 1 aliphatic heterocycles. The molecule has 1 fully saturated rings. The largest absolute Gasteiger partial charge is 0.394 e. The van der Waals surface area contributed by atoms with Gasteiger partial charge in [-0.05, 0) is 36.8 Å². The van der Waals surface area contributed by atoms with Gasteiger partial charge in [0.05, 0.1) is 24.5 Å². The molecule has 1 unspecified atom stereocenters. The van der Waals surface area contributed by atoms with E-state index in [4.69, 9.17) is 14.2 Å². The average molecular weight is 551 g/mol. The minimum atomic E-state index is -1.21. The standard InChI is InChI=1S/C26H26N6O8/c1-15(38-12-16-7-9-18(10-8-16)32(36)37)39-22-21(34)19(11-33)40-26(22)31-14-29-20-23(27-13-28-24(20)31)30-25(35)17-5-3-2-4-6-17/h2-10,13-15,19,21-22,26,33-34H,11-12H2,1H3,(H,27,28,30,35)/t15?,19-,21-,22-,26-/m1/s1. The minimum Gasteiger partial charge on any atom is -0.394 e. The summed E-state index contributed by atoms with van der Waals surface area (Å²) in [5.41, 5.74) is 1.70. The van der Waals surface area contributed by atoms with Crippen LogP contribution in [0.25, 0.3) is 11.2 Å². The molecule has 0 saturated carbocycles. The van der Waals surface area contributed by atoms with Crippen LogP contribution in [-0.4, -0.2) is 71.8 Å². The maximum absolute atomic E-state index is 12.7. The third-order valence-electron chi connectivity index (χ3n) is 6.37. The zero-order valence-corrected chi connectivity index (χ0v) is 21.2. The third-order valence-corrected chi connectivity index (χ3v) is 6.37. The number of hydrogen-bond acceptors (Lipinski definition) is 11. The molecule has 14 heteroatoms. The van der Waals surface area contributed by atoms with Crippen LogP contribution in [0.15, 0.2) is 67.3 Å². The molecule has 0 bridgehead atoms. The van der Waals surface area contributed by atoms with Crippen LogP contribution in [0, 0.1) is 10.1 Å². The number of nitrogens with zero attached hydrogens (tertiary/aromatic N) is 5.